The first-order valence-corrected chi connectivity index (χ1v) is 14.2. The maximum Gasteiger partial charge on any atom is 0.331 e. The van der Waals surface area contributed by atoms with Crippen LogP contribution in [0.3, 0.4) is 0 Å². The van der Waals surface area contributed by atoms with Crippen molar-refractivity contribution in [2.24, 2.45) is 11.3 Å². The minimum absolute atomic E-state index is 0.0334. The second-order valence-electron chi connectivity index (χ2n) is 11.2. The molecule has 3 aliphatic rings. The summed E-state index contributed by atoms with van der Waals surface area (Å²) >= 11 is 1.76. The minimum atomic E-state index is -0.629. The quantitative estimate of drug-likeness (QED) is 0.208. The molecule has 1 spiro atoms. The number of nitrogens with zero attached hydrogens (tertiary/aromatic N) is 1. The molecule has 5 heteroatoms. The van der Waals surface area contributed by atoms with Gasteiger partial charge in [0.1, 0.15) is 6.04 Å². The van der Waals surface area contributed by atoms with Gasteiger partial charge < -0.3 is 9.64 Å². The molecule has 0 saturated carbocycles. The van der Waals surface area contributed by atoms with Gasteiger partial charge in [-0.25, -0.2) is 4.79 Å². The van der Waals surface area contributed by atoms with Crippen LogP contribution in [0.25, 0.3) is 0 Å². The van der Waals surface area contributed by atoms with Crippen LogP contribution in [-0.4, -0.2) is 32.9 Å². The zero-order valence-electron chi connectivity index (χ0n) is 22.0. The van der Waals surface area contributed by atoms with E-state index < -0.39 is 22.3 Å². The van der Waals surface area contributed by atoms with E-state index in [-0.39, 0.29) is 23.2 Å². The second-order valence-corrected chi connectivity index (χ2v) is 13.0. The number of carbonyl (C=O) groups is 2. The van der Waals surface area contributed by atoms with Gasteiger partial charge in [0, 0.05) is 4.75 Å². The number of esters is 1. The van der Waals surface area contributed by atoms with E-state index >= 15 is 0 Å². The van der Waals surface area contributed by atoms with Crippen molar-refractivity contribution in [1.29, 1.82) is 0 Å². The summed E-state index contributed by atoms with van der Waals surface area (Å²) < 4.78 is 5.80. The lowest BCUT2D eigenvalue weighted by molar-refractivity contribution is -0.180. The van der Waals surface area contributed by atoms with E-state index in [1.807, 2.05) is 71.6 Å². The molecule has 38 heavy (non-hydrogen) atoms. The molecule has 0 aromatic heterocycles. The molecule has 3 aromatic carbocycles. The number of rotatable bonds is 6. The average molecular weight is 524 g/mol. The van der Waals surface area contributed by atoms with Crippen molar-refractivity contribution in [1.82, 2.24) is 4.90 Å². The normalized spacial score (nSPS) is 27.3. The molecule has 2 aliphatic heterocycles. The Bertz CT molecular complexity index is 1330. The van der Waals surface area contributed by atoms with E-state index in [2.05, 4.69) is 51.1 Å². The molecule has 3 aromatic rings. The number of thioether (sulfide) groups is 1. The predicted molar refractivity (Wildman–Crippen MR) is 151 cm³/mol. The van der Waals surface area contributed by atoms with Gasteiger partial charge in [0.15, 0.2) is 6.10 Å². The summed E-state index contributed by atoms with van der Waals surface area (Å²) in [5.41, 5.74) is 3.94. The third kappa shape index (κ3) is 3.90. The Morgan fingerprint density at radius 2 is 1.50 bits per heavy atom. The third-order valence-corrected chi connectivity index (χ3v) is 10.3. The highest BCUT2D eigenvalue weighted by atomic mass is 32.2. The fourth-order valence-electron chi connectivity index (χ4n) is 6.53. The Kier molecular flexibility index (Phi) is 6.22. The van der Waals surface area contributed by atoms with Gasteiger partial charge in [0.05, 0.1) is 10.8 Å². The molecule has 0 radical (unpaired) electrons. The van der Waals surface area contributed by atoms with Gasteiger partial charge in [-0.05, 0) is 49.3 Å². The summed E-state index contributed by atoms with van der Waals surface area (Å²) in [6, 6.07) is 29.4. The largest absolute Gasteiger partial charge is 0.451 e. The predicted octanol–water partition coefficient (Wildman–Crippen LogP) is 6.58. The molecular weight excluding hydrogens is 490 g/mol. The molecule has 2 saturated heterocycles. The van der Waals surface area contributed by atoms with Crippen LogP contribution in [0.1, 0.15) is 50.0 Å². The molecule has 194 valence electrons. The van der Waals surface area contributed by atoms with E-state index in [0.29, 0.717) is 0 Å². The molecular formula is C33H33NO3S. The summed E-state index contributed by atoms with van der Waals surface area (Å²) in [7, 11) is 0. The van der Waals surface area contributed by atoms with Gasteiger partial charge in [0.25, 0.3) is 0 Å². The molecule has 0 bridgehead atoms. The molecule has 2 fully saturated rings. The number of allylic oxidation sites excluding steroid dienone is 2. The van der Waals surface area contributed by atoms with Crippen molar-refractivity contribution in [3.05, 3.63) is 119 Å². The zero-order chi connectivity index (χ0) is 26.5. The van der Waals surface area contributed by atoms with Gasteiger partial charge in [-0.2, -0.15) is 0 Å². The fourth-order valence-corrected chi connectivity index (χ4v) is 8.38. The Balaban J connectivity index is 1.24. The maximum absolute atomic E-state index is 14.0. The fraction of sp³-hybridized carbons (Fsp3) is 0.333. The van der Waals surface area contributed by atoms with E-state index in [1.165, 1.54) is 11.1 Å². The van der Waals surface area contributed by atoms with Crippen molar-refractivity contribution < 1.29 is 14.3 Å². The number of benzene rings is 3. The van der Waals surface area contributed by atoms with Crippen LogP contribution in [-0.2, 0) is 20.7 Å². The van der Waals surface area contributed by atoms with Crippen LogP contribution >= 0.6 is 11.8 Å². The van der Waals surface area contributed by atoms with Crippen molar-refractivity contribution >= 4 is 23.6 Å². The van der Waals surface area contributed by atoms with Crippen LogP contribution in [0.15, 0.2) is 103 Å². The SMILES string of the molecule is CC1C(Cc2ccccc2)=CCC12C(=O)N1[C@@H](C(=O)OC(c3ccccc3)c3ccccc3)C(C)(C)S[C@@H]12. The van der Waals surface area contributed by atoms with Gasteiger partial charge >= 0.3 is 5.97 Å². The maximum atomic E-state index is 14.0. The van der Waals surface area contributed by atoms with Crippen LogP contribution in [0.4, 0.5) is 0 Å². The van der Waals surface area contributed by atoms with Gasteiger partial charge in [-0.1, -0.05) is 110 Å². The highest BCUT2D eigenvalue weighted by molar-refractivity contribution is 8.01. The van der Waals surface area contributed by atoms with Gasteiger partial charge in [0.2, 0.25) is 5.91 Å². The summed E-state index contributed by atoms with van der Waals surface area (Å²) in [5, 5.41) is -0.0334. The molecule has 1 amide bonds. The molecule has 4 atom stereocenters. The lowest BCUT2D eigenvalue weighted by Gasteiger charge is -2.54. The molecule has 1 aliphatic carbocycles. The van der Waals surface area contributed by atoms with Crippen LogP contribution in [0.2, 0.25) is 0 Å². The van der Waals surface area contributed by atoms with Gasteiger partial charge in [-0.15, -0.1) is 11.8 Å². The first-order chi connectivity index (χ1) is 18.3. The van der Waals surface area contributed by atoms with Crippen molar-refractivity contribution in [3.8, 4) is 0 Å². The number of hydrogen-bond acceptors (Lipinski definition) is 4. The van der Waals surface area contributed by atoms with Crippen molar-refractivity contribution in [2.75, 3.05) is 0 Å². The Labute approximate surface area is 229 Å². The molecule has 2 heterocycles. The second kappa shape index (κ2) is 9.46. The van der Waals surface area contributed by atoms with Crippen molar-refractivity contribution in [2.45, 2.75) is 55.9 Å². The molecule has 2 unspecified atom stereocenters. The van der Waals surface area contributed by atoms with E-state index in [0.717, 1.165) is 24.0 Å². The van der Waals surface area contributed by atoms with E-state index in [4.69, 9.17) is 4.74 Å². The number of hydrogen-bond donors (Lipinski definition) is 0. The Hall–Kier alpha value is -3.31. The van der Waals surface area contributed by atoms with Crippen molar-refractivity contribution in [3.63, 3.8) is 0 Å². The zero-order valence-corrected chi connectivity index (χ0v) is 22.9. The van der Waals surface area contributed by atoms with E-state index in [1.54, 1.807) is 11.8 Å². The minimum Gasteiger partial charge on any atom is -0.451 e. The van der Waals surface area contributed by atoms with Crippen LogP contribution in [0.5, 0.6) is 0 Å². The monoisotopic (exact) mass is 523 g/mol. The molecule has 0 N–H and O–H groups in total. The topological polar surface area (TPSA) is 46.6 Å². The Morgan fingerprint density at radius 3 is 2.08 bits per heavy atom. The lowest BCUT2D eigenvalue weighted by atomic mass is 9.67. The highest BCUT2D eigenvalue weighted by Crippen LogP contribution is 2.65. The van der Waals surface area contributed by atoms with Gasteiger partial charge in [-0.3, -0.25) is 4.79 Å². The summed E-state index contributed by atoms with van der Waals surface area (Å²) in [4.78, 5) is 29.7. The summed E-state index contributed by atoms with van der Waals surface area (Å²) in [5.74, 6) is -0.116. The smallest absolute Gasteiger partial charge is 0.331 e. The number of carbonyl (C=O) groups excluding carboxylic acids is 2. The average Bonchev–Trinajstić information content (AvgIpc) is 3.41. The van der Waals surface area contributed by atoms with E-state index in [9.17, 15) is 9.59 Å². The lowest BCUT2D eigenvalue weighted by Crippen LogP contribution is -2.70. The third-order valence-electron chi connectivity index (χ3n) is 8.62. The standard InChI is InChI=1S/C33H33NO3S/c1-22-26(21-23-13-7-4-8-14-23)19-20-33(22)30(36)34-28(32(2,3)38-31(33)34)29(35)37-27(24-15-9-5-10-16-24)25-17-11-6-12-18-25/h4-19,22,27-28,31H,20-21H2,1-3H3/t22?,28-,31+,33?/m0/s1. The number of β-lactam (4-membered cyclic amide) rings is 1. The molecule has 4 nitrogen and oxygen atoms in total. The first kappa shape index (κ1) is 25.0. The summed E-state index contributed by atoms with van der Waals surface area (Å²) in [6.45, 7) is 6.33. The van der Waals surface area contributed by atoms with Crippen LogP contribution < -0.4 is 0 Å². The molecule has 6 rings (SSSR count). The number of ether oxygens (including phenoxy) is 1. The van der Waals surface area contributed by atoms with Crippen LogP contribution in [0, 0.1) is 11.3 Å². The highest BCUT2D eigenvalue weighted by Gasteiger charge is 2.73. The number of amides is 1. The first-order valence-electron chi connectivity index (χ1n) is 13.4. The number of fused-ring (bicyclic) bond motifs is 2. The Morgan fingerprint density at radius 1 is 0.947 bits per heavy atom. The summed E-state index contributed by atoms with van der Waals surface area (Å²) in [6.07, 6.45) is 3.34.